The van der Waals surface area contributed by atoms with Crippen molar-refractivity contribution < 1.29 is 33.6 Å². The maximum atomic E-state index is 10.2. The summed E-state index contributed by atoms with van der Waals surface area (Å²) in [5.74, 6) is -0.852. The zero-order valence-corrected chi connectivity index (χ0v) is 15.8. The van der Waals surface area contributed by atoms with Crippen LogP contribution in [0.1, 0.15) is 47.0 Å². The average molecular weight is 352 g/mol. The largest absolute Gasteiger partial charge is 0.481 e. The van der Waals surface area contributed by atoms with Crippen LogP contribution in [-0.2, 0) is 28.5 Å². The summed E-state index contributed by atoms with van der Waals surface area (Å²) in [6.45, 7) is 11.9. The number of hydrogen-bond acceptors (Lipinski definition) is 6. The van der Waals surface area contributed by atoms with E-state index in [1.165, 1.54) is 13.3 Å². The Morgan fingerprint density at radius 2 is 1.08 bits per heavy atom. The van der Waals surface area contributed by atoms with E-state index < -0.39 is 5.97 Å². The number of carboxylic acid groups (broad SMARTS) is 1. The van der Waals surface area contributed by atoms with Gasteiger partial charge < -0.3 is 28.8 Å². The zero-order valence-electron chi connectivity index (χ0n) is 15.8. The van der Waals surface area contributed by atoms with Gasteiger partial charge in [-0.1, -0.05) is 27.2 Å². The molecule has 146 valence electrons. The first-order chi connectivity index (χ1) is 11.6. The summed E-state index contributed by atoms with van der Waals surface area (Å²) in [6.07, 6.45) is 3.05. The summed E-state index contributed by atoms with van der Waals surface area (Å²) in [7, 11) is 0. The van der Waals surface area contributed by atoms with E-state index in [1.54, 1.807) is 0 Å². The van der Waals surface area contributed by atoms with E-state index in [9.17, 15) is 4.79 Å². The molecule has 0 heterocycles. The molecule has 0 aliphatic rings. The second kappa shape index (κ2) is 29.9. The molecule has 0 unspecified atom stereocenters. The van der Waals surface area contributed by atoms with Gasteiger partial charge in [-0.05, 0) is 13.3 Å². The molecule has 0 spiro atoms. The minimum absolute atomic E-state index is 0.0286. The van der Waals surface area contributed by atoms with Crippen LogP contribution < -0.4 is 0 Å². The number of aliphatic carboxylic acids is 1. The van der Waals surface area contributed by atoms with Crippen molar-refractivity contribution in [1.82, 2.24) is 0 Å². The van der Waals surface area contributed by atoms with Gasteiger partial charge in [0.2, 0.25) is 0 Å². The molecule has 0 aromatic heterocycles. The smallest absolute Gasteiger partial charge is 0.305 e. The number of carbonyl (C=O) groups excluding carboxylic acids is 1. The SMILES string of the molecule is CC=O.CCC.CCCOCCOCCOCCOCCC(=O)O. The van der Waals surface area contributed by atoms with Gasteiger partial charge in [-0.3, -0.25) is 4.79 Å². The third kappa shape index (κ3) is 42.9. The Hall–Kier alpha value is -1.02. The van der Waals surface area contributed by atoms with E-state index in [2.05, 4.69) is 20.8 Å². The summed E-state index contributed by atoms with van der Waals surface area (Å²) < 4.78 is 20.8. The molecule has 1 N–H and O–H groups in total. The highest BCUT2D eigenvalue weighted by atomic mass is 16.6. The monoisotopic (exact) mass is 352 g/mol. The van der Waals surface area contributed by atoms with Crippen LogP contribution in [0.25, 0.3) is 0 Å². The molecular formula is C17H36O7. The standard InChI is InChI=1S/C12H24O6.C3H8.C2H4O/c1-2-4-15-6-8-17-10-11-18-9-7-16-5-3-12(13)14;1-3-2;1-2-3/h2-11H2,1H3,(H,13,14);3H2,1-2H3;2H,1H3. The van der Waals surface area contributed by atoms with Crippen molar-refractivity contribution in [3.8, 4) is 0 Å². The Morgan fingerprint density at radius 3 is 1.38 bits per heavy atom. The number of hydrogen-bond donors (Lipinski definition) is 1. The molecule has 0 saturated heterocycles. The predicted octanol–water partition coefficient (Wildman–Crippen LogP) is 2.56. The molecule has 0 saturated carbocycles. The summed E-state index contributed by atoms with van der Waals surface area (Å²) in [4.78, 5) is 19.0. The molecule has 0 aliphatic carbocycles. The van der Waals surface area contributed by atoms with Crippen LogP contribution >= 0.6 is 0 Å². The molecule has 0 fully saturated rings. The van der Waals surface area contributed by atoms with Gasteiger partial charge in [-0.2, -0.15) is 0 Å². The normalized spacial score (nSPS) is 9.33. The molecule has 7 nitrogen and oxygen atoms in total. The van der Waals surface area contributed by atoms with Crippen molar-refractivity contribution in [2.45, 2.75) is 47.0 Å². The molecule has 0 amide bonds. The molecule has 0 radical (unpaired) electrons. The van der Waals surface area contributed by atoms with E-state index in [0.717, 1.165) is 19.3 Å². The summed E-state index contributed by atoms with van der Waals surface area (Å²) in [6, 6.07) is 0. The van der Waals surface area contributed by atoms with Gasteiger partial charge in [0.25, 0.3) is 0 Å². The third-order valence-corrected chi connectivity index (χ3v) is 1.92. The Labute approximate surface area is 146 Å². The van der Waals surface area contributed by atoms with Crippen molar-refractivity contribution in [1.29, 1.82) is 0 Å². The van der Waals surface area contributed by atoms with Crippen LogP contribution in [0.3, 0.4) is 0 Å². The number of aldehydes is 1. The summed E-state index contributed by atoms with van der Waals surface area (Å²) >= 11 is 0. The van der Waals surface area contributed by atoms with Crippen molar-refractivity contribution in [2.24, 2.45) is 0 Å². The highest BCUT2D eigenvalue weighted by molar-refractivity contribution is 5.66. The minimum atomic E-state index is -0.852. The van der Waals surface area contributed by atoms with E-state index in [1.807, 2.05) is 0 Å². The maximum absolute atomic E-state index is 10.2. The molecule has 24 heavy (non-hydrogen) atoms. The average Bonchev–Trinajstić information content (AvgIpc) is 2.53. The lowest BCUT2D eigenvalue weighted by molar-refractivity contribution is -0.138. The first-order valence-corrected chi connectivity index (χ1v) is 8.53. The lowest BCUT2D eigenvalue weighted by Crippen LogP contribution is -2.12. The fraction of sp³-hybridized carbons (Fsp3) is 0.882. The van der Waals surface area contributed by atoms with Crippen LogP contribution in [0.2, 0.25) is 0 Å². The molecule has 0 atom stereocenters. The fourth-order valence-electron chi connectivity index (χ4n) is 1.07. The second-order valence-corrected chi connectivity index (χ2v) is 4.54. The van der Waals surface area contributed by atoms with Gasteiger partial charge in [0.15, 0.2) is 0 Å². The van der Waals surface area contributed by atoms with Crippen LogP contribution in [0, 0.1) is 0 Å². The Bertz CT molecular complexity index is 235. The highest BCUT2D eigenvalue weighted by Crippen LogP contribution is 1.85. The van der Waals surface area contributed by atoms with E-state index >= 15 is 0 Å². The Balaban J connectivity index is -0.000000635. The Morgan fingerprint density at radius 1 is 0.792 bits per heavy atom. The van der Waals surface area contributed by atoms with Crippen molar-refractivity contribution in [3.63, 3.8) is 0 Å². The first kappa shape index (κ1) is 27.8. The number of ether oxygens (including phenoxy) is 4. The lowest BCUT2D eigenvalue weighted by atomic mass is 10.5. The molecule has 0 bridgehead atoms. The third-order valence-electron chi connectivity index (χ3n) is 1.92. The minimum Gasteiger partial charge on any atom is -0.481 e. The molecule has 0 aliphatic heterocycles. The van der Waals surface area contributed by atoms with Gasteiger partial charge in [0.05, 0.1) is 52.7 Å². The van der Waals surface area contributed by atoms with Crippen molar-refractivity contribution in [3.05, 3.63) is 0 Å². The fourth-order valence-corrected chi connectivity index (χ4v) is 1.07. The number of rotatable bonds is 14. The molecule has 7 heteroatoms. The predicted molar refractivity (Wildman–Crippen MR) is 93.5 cm³/mol. The van der Waals surface area contributed by atoms with Crippen LogP contribution in [0.15, 0.2) is 0 Å². The van der Waals surface area contributed by atoms with E-state index in [4.69, 9.17) is 28.8 Å². The number of carbonyl (C=O) groups is 2. The van der Waals surface area contributed by atoms with Crippen LogP contribution in [0.4, 0.5) is 0 Å². The lowest BCUT2D eigenvalue weighted by Gasteiger charge is -2.06. The number of carboxylic acids is 1. The Kier molecular flexibility index (Phi) is 34.7. The van der Waals surface area contributed by atoms with Crippen LogP contribution in [-0.4, -0.2) is 70.2 Å². The maximum Gasteiger partial charge on any atom is 0.305 e. The molecule has 0 aromatic rings. The van der Waals surface area contributed by atoms with Gasteiger partial charge in [0, 0.05) is 6.61 Å². The molecular weight excluding hydrogens is 316 g/mol. The van der Waals surface area contributed by atoms with Gasteiger partial charge >= 0.3 is 5.97 Å². The van der Waals surface area contributed by atoms with Gasteiger partial charge in [-0.25, -0.2) is 0 Å². The van der Waals surface area contributed by atoms with Crippen molar-refractivity contribution in [2.75, 3.05) is 52.9 Å². The van der Waals surface area contributed by atoms with Crippen molar-refractivity contribution >= 4 is 12.3 Å². The van der Waals surface area contributed by atoms with Gasteiger partial charge in [-0.15, -0.1) is 0 Å². The highest BCUT2D eigenvalue weighted by Gasteiger charge is 1.96. The summed E-state index contributed by atoms with van der Waals surface area (Å²) in [5.41, 5.74) is 0. The van der Waals surface area contributed by atoms with Crippen LogP contribution in [0.5, 0.6) is 0 Å². The topological polar surface area (TPSA) is 91.3 Å². The molecule has 0 rings (SSSR count). The second-order valence-electron chi connectivity index (χ2n) is 4.54. The van der Waals surface area contributed by atoms with E-state index in [-0.39, 0.29) is 13.0 Å². The van der Waals surface area contributed by atoms with Gasteiger partial charge in [0.1, 0.15) is 6.29 Å². The molecule has 0 aromatic carbocycles. The van der Waals surface area contributed by atoms with E-state index in [0.29, 0.717) is 39.6 Å². The summed E-state index contributed by atoms with van der Waals surface area (Å²) in [5, 5.41) is 8.35. The zero-order chi connectivity index (χ0) is 18.9. The first-order valence-electron chi connectivity index (χ1n) is 8.53. The quantitative estimate of drug-likeness (QED) is 0.379.